The van der Waals surface area contributed by atoms with Crippen molar-refractivity contribution in [1.29, 1.82) is 0 Å². The van der Waals surface area contributed by atoms with E-state index in [2.05, 4.69) is 13.0 Å². The Morgan fingerprint density at radius 2 is 1.88 bits per heavy atom. The fourth-order valence-electron chi connectivity index (χ4n) is 1.54. The Kier molecular flexibility index (Phi) is 11.1. The van der Waals surface area contributed by atoms with Gasteiger partial charge in [-0.15, -0.1) is 0 Å². The SMILES string of the molecule is CCCCC/C=C/COC(CCCC)C(=O)O. The molecule has 0 aromatic carbocycles. The van der Waals surface area contributed by atoms with Gasteiger partial charge in [0.25, 0.3) is 0 Å². The van der Waals surface area contributed by atoms with Crippen LogP contribution in [0.15, 0.2) is 12.2 Å². The Morgan fingerprint density at radius 3 is 2.47 bits per heavy atom. The van der Waals surface area contributed by atoms with Gasteiger partial charge in [-0.25, -0.2) is 4.79 Å². The molecule has 100 valence electrons. The summed E-state index contributed by atoms with van der Waals surface area (Å²) in [5.41, 5.74) is 0. The number of hydrogen-bond donors (Lipinski definition) is 1. The molecule has 0 amide bonds. The van der Waals surface area contributed by atoms with Crippen LogP contribution in [0.3, 0.4) is 0 Å². The van der Waals surface area contributed by atoms with Gasteiger partial charge in [0.1, 0.15) is 0 Å². The summed E-state index contributed by atoms with van der Waals surface area (Å²) in [7, 11) is 0. The van der Waals surface area contributed by atoms with E-state index in [1.54, 1.807) is 0 Å². The maximum absolute atomic E-state index is 10.9. The van der Waals surface area contributed by atoms with Gasteiger partial charge in [-0.1, -0.05) is 51.7 Å². The van der Waals surface area contributed by atoms with E-state index >= 15 is 0 Å². The smallest absolute Gasteiger partial charge is 0.332 e. The normalized spacial score (nSPS) is 13.1. The molecule has 0 aromatic heterocycles. The predicted molar refractivity (Wildman–Crippen MR) is 70.2 cm³/mol. The molecule has 0 heterocycles. The van der Waals surface area contributed by atoms with Gasteiger partial charge in [-0.2, -0.15) is 0 Å². The number of hydrogen-bond acceptors (Lipinski definition) is 2. The summed E-state index contributed by atoms with van der Waals surface area (Å²) in [5.74, 6) is -0.849. The fourth-order valence-corrected chi connectivity index (χ4v) is 1.54. The van der Waals surface area contributed by atoms with Crippen molar-refractivity contribution in [2.24, 2.45) is 0 Å². The van der Waals surface area contributed by atoms with E-state index in [4.69, 9.17) is 9.84 Å². The lowest BCUT2D eigenvalue weighted by molar-refractivity contribution is -0.150. The van der Waals surface area contributed by atoms with Crippen molar-refractivity contribution in [1.82, 2.24) is 0 Å². The number of aliphatic carboxylic acids is 1. The average molecular weight is 242 g/mol. The Morgan fingerprint density at radius 1 is 1.18 bits per heavy atom. The first-order chi connectivity index (χ1) is 8.22. The van der Waals surface area contributed by atoms with Gasteiger partial charge in [-0.05, 0) is 19.3 Å². The molecule has 0 spiro atoms. The third kappa shape index (κ3) is 10.1. The average Bonchev–Trinajstić information content (AvgIpc) is 2.31. The lowest BCUT2D eigenvalue weighted by Gasteiger charge is -2.11. The van der Waals surface area contributed by atoms with Crippen LogP contribution in [0.1, 0.15) is 58.8 Å². The van der Waals surface area contributed by atoms with E-state index < -0.39 is 12.1 Å². The van der Waals surface area contributed by atoms with Crippen LogP contribution in [-0.2, 0) is 9.53 Å². The molecule has 17 heavy (non-hydrogen) atoms. The van der Waals surface area contributed by atoms with E-state index in [9.17, 15) is 4.79 Å². The summed E-state index contributed by atoms with van der Waals surface area (Å²) in [6.45, 7) is 4.64. The molecule has 0 saturated carbocycles. The third-order valence-electron chi connectivity index (χ3n) is 2.63. The molecule has 3 heteroatoms. The Labute approximate surface area is 105 Å². The van der Waals surface area contributed by atoms with Gasteiger partial charge >= 0.3 is 5.97 Å². The first-order valence-electron chi connectivity index (χ1n) is 6.71. The number of carbonyl (C=O) groups is 1. The molecule has 0 rings (SSSR count). The highest BCUT2D eigenvalue weighted by molar-refractivity contribution is 5.72. The Hall–Kier alpha value is -0.830. The fraction of sp³-hybridized carbons (Fsp3) is 0.786. The molecular weight excluding hydrogens is 216 g/mol. The van der Waals surface area contributed by atoms with Gasteiger partial charge in [-0.3, -0.25) is 0 Å². The minimum Gasteiger partial charge on any atom is -0.479 e. The molecule has 1 atom stereocenters. The zero-order chi connectivity index (χ0) is 12.9. The number of carboxylic acids is 1. The van der Waals surface area contributed by atoms with Crippen LogP contribution in [0.4, 0.5) is 0 Å². The molecule has 0 aromatic rings. The van der Waals surface area contributed by atoms with Crippen molar-refractivity contribution in [2.45, 2.75) is 64.9 Å². The molecule has 0 aliphatic rings. The zero-order valence-corrected chi connectivity index (χ0v) is 11.2. The van der Waals surface area contributed by atoms with Crippen LogP contribution in [0, 0.1) is 0 Å². The van der Waals surface area contributed by atoms with E-state index in [1.807, 2.05) is 13.0 Å². The number of carboxylic acid groups (broad SMARTS) is 1. The van der Waals surface area contributed by atoms with Crippen molar-refractivity contribution < 1.29 is 14.6 Å². The van der Waals surface area contributed by atoms with Crippen LogP contribution in [-0.4, -0.2) is 23.8 Å². The second-order valence-corrected chi connectivity index (χ2v) is 4.27. The van der Waals surface area contributed by atoms with Crippen LogP contribution in [0.5, 0.6) is 0 Å². The molecule has 0 aliphatic carbocycles. The van der Waals surface area contributed by atoms with Crippen molar-refractivity contribution in [2.75, 3.05) is 6.61 Å². The van der Waals surface area contributed by atoms with Crippen molar-refractivity contribution in [3.63, 3.8) is 0 Å². The zero-order valence-electron chi connectivity index (χ0n) is 11.2. The highest BCUT2D eigenvalue weighted by Crippen LogP contribution is 2.05. The molecule has 0 saturated heterocycles. The van der Waals surface area contributed by atoms with Crippen molar-refractivity contribution >= 4 is 5.97 Å². The maximum atomic E-state index is 10.9. The summed E-state index contributed by atoms with van der Waals surface area (Å²) in [5, 5.41) is 8.92. The maximum Gasteiger partial charge on any atom is 0.332 e. The van der Waals surface area contributed by atoms with E-state index in [0.717, 1.165) is 19.3 Å². The molecule has 0 aliphatic heterocycles. The largest absolute Gasteiger partial charge is 0.479 e. The van der Waals surface area contributed by atoms with Crippen LogP contribution >= 0.6 is 0 Å². The van der Waals surface area contributed by atoms with Crippen LogP contribution in [0.25, 0.3) is 0 Å². The number of rotatable bonds is 11. The summed E-state index contributed by atoms with van der Waals surface area (Å²) < 4.78 is 5.33. The Bertz CT molecular complexity index is 212. The van der Waals surface area contributed by atoms with Crippen molar-refractivity contribution in [3.05, 3.63) is 12.2 Å². The summed E-state index contributed by atoms with van der Waals surface area (Å²) in [4.78, 5) is 10.9. The van der Waals surface area contributed by atoms with E-state index in [0.29, 0.717) is 13.0 Å². The van der Waals surface area contributed by atoms with Gasteiger partial charge in [0.15, 0.2) is 6.10 Å². The number of ether oxygens (including phenoxy) is 1. The highest BCUT2D eigenvalue weighted by Gasteiger charge is 2.15. The number of allylic oxidation sites excluding steroid dienone is 1. The van der Waals surface area contributed by atoms with Gasteiger partial charge in [0.2, 0.25) is 0 Å². The summed E-state index contributed by atoms with van der Waals surface area (Å²) in [6, 6.07) is 0. The summed E-state index contributed by atoms with van der Waals surface area (Å²) in [6.07, 6.45) is 10.6. The monoisotopic (exact) mass is 242 g/mol. The van der Waals surface area contributed by atoms with Crippen molar-refractivity contribution in [3.8, 4) is 0 Å². The lowest BCUT2D eigenvalue weighted by Crippen LogP contribution is -2.23. The second-order valence-electron chi connectivity index (χ2n) is 4.27. The van der Waals surface area contributed by atoms with E-state index in [-0.39, 0.29) is 0 Å². The molecule has 0 fully saturated rings. The lowest BCUT2D eigenvalue weighted by atomic mass is 10.1. The van der Waals surface area contributed by atoms with Crippen LogP contribution in [0.2, 0.25) is 0 Å². The van der Waals surface area contributed by atoms with Gasteiger partial charge in [0.05, 0.1) is 6.61 Å². The van der Waals surface area contributed by atoms with E-state index in [1.165, 1.54) is 19.3 Å². The minimum absolute atomic E-state index is 0.410. The standard InChI is InChI=1S/C14H26O3/c1-3-5-7-8-9-10-12-17-13(14(15)16)11-6-4-2/h9-10,13H,3-8,11-12H2,1-2H3,(H,15,16)/b10-9+. The molecule has 0 bridgehead atoms. The van der Waals surface area contributed by atoms with Gasteiger partial charge < -0.3 is 9.84 Å². The predicted octanol–water partition coefficient (Wildman–Crippen LogP) is 3.78. The minimum atomic E-state index is -0.849. The second kappa shape index (κ2) is 11.6. The molecule has 0 radical (unpaired) electrons. The Balaban J connectivity index is 3.63. The van der Waals surface area contributed by atoms with Crippen LogP contribution < -0.4 is 0 Å². The summed E-state index contributed by atoms with van der Waals surface area (Å²) >= 11 is 0. The number of unbranched alkanes of at least 4 members (excludes halogenated alkanes) is 4. The molecular formula is C14H26O3. The first-order valence-corrected chi connectivity index (χ1v) is 6.71. The third-order valence-corrected chi connectivity index (χ3v) is 2.63. The molecule has 3 nitrogen and oxygen atoms in total. The quantitative estimate of drug-likeness (QED) is 0.443. The highest BCUT2D eigenvalue weighted by atomic mass is 16.5. The topological polar surface area (TPSA) is 46.5 Å². The molecule has 1 unspecified atom stereocenters. The first kappa shape index (κ1) is 16.2. The van der Waals surface area contributed by atoms with Gasteiger partial charge in [0, 0.05) is 0 Å². The molecule has 1 N–H and O–H groups in total.